The first-order valence-corrected chi connectivity index (χ1v) is 11.9. The largest absolute Gasteiger partial charge is 0.497 e. The van der Waals surface area contributed by atoms with Gasteiger partial charge in [0.1, 0.15) is 17.3 Å². The van der Waals surface area contributed by atoms with Crippen LogP contribution < -0.4 is 20.3 Å². The highest BCUT2D eigenvalue weighted by atomic mass is 35.5. The van der Waals surface area contributed by atoms with Gasteiger partial charge >= 0.3 is 0 Å². The van der Waals surface area contributed by atoms with Crippen molar-refractivity contribution in [3.8, 4) is 22.6 Å². The van der Waals surface area contributed by atoms with Crippen molar-refractivity contribution in [3.05, 3.63) is 45.8 Å². The fraction of sp³-hybridized carbons (Fsp3) is 0.440. The van der Waals surface area contributed by atoms with Gasteiger partial charge in [0.25, 0.3) is 5.56 Å². The molecule has 34 heavy (non-hydrogen) atoms. The van der Waals surface area contributed by atoms with Crippen molar-refractivity contribution in [3.63, 3.8) is 0 Å². The molecule has 0 atom stereocenters. The molecule has 0 aliphatic carbocycles. The molecule has 1 aliphatic rings. The Morgan fingerprint density at radius 2 is 1.79 bits per heavy atom. The molecule has 9 heteroatoms. The molecule has 3 heterocycles. The van der Waals surface area contributed by atoms with E-state index in [9.17, 15) is 4.79 Å². The fourth-order valence-corrected chi connectivity index (χ4v) is 4.57. The van der Waals surface area contributed by atoms with E-state index in [1.807, 2.05) is 12.1 Å². The van der Waals surface area contributed by atoms with Gasteiger partial charge in [0.05, 0.1) is 24.8 Å². The average Bonchev–Trinajstić information content (AvgIpc) is 2.85. The smallest absolute Gasteiger partial charge is 0.258 e. The SMILES string of the molecule is COc1cc(OC)c(Cl)c(-c2cc3cnc(NCCCN4CCN(C)CC4)cc3n(C)c2=O)c1. The van der Waals surface area contributed by atoms with Crippen molar-refractivity contribution in [2.75, 3.05) is 65.9 Å². The maximum Gasteiger partial charge on any atom is 0.258 e. The Morgan fingerprint density at radius 3 is 2.50 bits per heavy atom. The van der Waals surface area contributed by atoms with Gasteiger partial charge in [-0.05, 0) is 32.1 Å². The first kappa shape index (κ1) is 24.3. The number of methoxy groups -OCH3 is 2. The molecule has 0 spiro atoms. The predicted octanol–water partition coefficient (Wildman–Crippen LogP) is 3.32. The monoisotopic (exact) mass is 485 g/mol. The number of ether oxygens (including phenoxy) is 2. The lowest BCUT2D eigenvalue weighted by Gasteiger charge is -2.32. The summed E-state index contributed by atoms with van der Waals surface area (Å²) in [7, 11) is 7.03. The molecule has 8 nitrogen and oxygen atoms in total. The number of nitrogens with one attached hydrogen (secondary N) is 1. The molecule has 1 aliphatic heterocycles. The number of rotatable bonds is 8. The molecule has 3 aromatic rings. The van der Waals surface area contributed by atoms with E-state index in [-0.39, 0.29) is 5.56 Å². The molecule has 2 aromatic heterocycles. The van der Waals surface area contributed by atoms with Crippen LogP contribution in [0.25, 0.3) is 22.0 Å². The van der Waals surface area contributed by atoms with E-state index in [2.05, 4.69) is 27.1 Å². The van der Waals surface area contributed by atoms with E-state index in [1.165, 1.54) is 7.11 Å². The summed E-state index contributed by atoms with van der Waals surface area (Å²) in [5.41, 5.74) is 1.67. The predicted molar refractivity (Wildman–Crippen MR) is 138 cm³/mol. The topological polar surface area (TPSA) is 71.9 Å². The zero-order valence-electron chi connectivity index (χ0n) is 20.2. The zero-order valence-corrected chi connectivity index (χ0v) is 21.0. The maximum absolute atomic E-state index is 13.3. The molecular formula is C25H32ClN5O3. The lowest BCUT2D eigenvalue weighted by atomic mass is 10.0. The van der Waals surface area contributed by atoms with Crippen LogP contribution in [0.1, 0.15) is 6.42 Å². The maximum atomic E-state index is 13.3. The summed E-state index contributed by atoms with van der Waals surface area (Å²) in [5.74, 6) is 1.77. The van der Waals surface area contributed by atoms with Crippen molar-refractivity contribution in [2.45, 2.75) is 6.42 Å². The number of hydrogen-bond donors (Lipinski definition) is 1. The Balaban J connectivity index is 1.54. The number of benzene rings is 1. The van der Waals surface area contributed by atoms with Gasteiger partial charge in [-0.1, -0.05) is 11.6 Å². The van der Waals surface area contributed by atoms with E-state index < -0.39 is 0 Å². The Morgan fingerprint density at radius 1 is 1.03 bits per heavy atom. The van der Waals surface area contributed by atoms with E-state index in [0.29, 0.717) is 27.6 Å². The molecule has 1 fully saturated rings. The van der Waals surface area contributed by atoms with Crippen LogP contribution in [0.4, 0.5) is 5.82 Å². The van der Waals surface area contributed by atoms with Gasteiger partial charge in [0, 0.05) is 74.6 Å². The van der Waals surface area contributed by atoms with Gasteiger partial charge < -0.3 is 29.2 Å². The van der Waals surface area contributed by atoms with Crippen LogP contribution in [0.5, 0.6) is 11.5 Å². The summed E-state index contributed by atoms with van der Waals surface area (Å²) in [6.07, 6.45) is 2.82. The Bertz CT molecular complexity index is 1220. The highest BCUT2D eigenvalue weighted by Crippen LogP contribution is 2.38. The van der Waals surface area contributed by atoms with Gasteiger partial charge in [0.2, 0.25) is 0 Å². The molecule has 0 amide bonds. The summed E-state index contributed by atoms with van der Waals surface area (Å²) in [6.45, 7) is 6.40. The van der Waals surface area contributed by atoms with Crippen molar-refractivity contribution in [2.24, 2.45) is 7.05 Å². The second kappa shape index (κ2) is 10.6. The second-order valence-corrected chi connectivity index (χ2v) is 9.04. The number of aryl methyl sites for hydroxylation is 1. The van der Waals surface area contributed by atoms with E-state index in [4.69, 9.17) is 21.1 Å². The molecule has 4 rings (SSSR count). The third-order valence-electron chi connectivity index (χ3n) is 6.42. The number of anilines is 1. The Kier molecular flexibility index (Phi) is 7.60. The zero-order chi connectivity index (χ0) is 24.2. The summed E-state index contributed by atoms with van der Waals surface area (Å²) in [5, 5.41) is 4.61. The molecular weight excluding hydrogens is 454 g/mol. The highest BCUT2D eigenvalue weighted by molar-refractivity contribution is 6.35. The van der Waals surface area contributed by atoms with Crippen LogP contribution in [0.15, 0.2) is 35.3 Å². The third kappa shape index (κ3) is 5.14. The number of likely N-dealkylation sites (N-methyl/N-ethyl adjacent to an activating group) is 1. The molecule has 0 bridgehead atoms. The van der Waals surface area contributed by atoms with E-state index in [0.717, 1.165) is 62.4 Å². The van der Waals surface area contributed by atoms with Crippen molar-refractivity contribution in [1.29, 1.82) is 0 Å². The molecule has 1 aromatic carbocycles. The van der Waals surface area contributed by atoms with E-state index >= 15 is 0 Å². The van der Waals surface area contributed by atoms with Crippen molar-refractivity contribution < 1.29 is 9.47 Å². The number of fused-ring (bicyclic) bond motifs is 1. The number of aromatic nitrogens is 2. The summed E-state index contributed by atoms with van der Waals surface area (Å²) in [4.78, 5) is 22.7. The summed E-state index contributed by atoms with van der Waals surface area (Å²) in [6, 6.07) is 7.18. The first-order chi connectivity index (χ1) is 16.4. The molecule has 0 radical (unpaired) electrons. The lowest BCUT2D eigenvalue weighted by Crippen LogP contribution is -2.44. The van der Waals surface area contributed by atoms with Gasteiger partial charge in [0.15, 0.2) is 0 Å². The quantitative estimate of drug-likeness (QED) is 0.491. The number of pyridine rings is 2. The number of nitrogens with zero attached hydrogens (tertiary/aromatic N) is 4. The first-order valence-electron chi connectivity index (χ1n) is 11.5. The van der Waals surface area contributed by atoms with Crippen LogP contribution in [0.2, 0.25) is 5.02 Å². The van der Waals surface area contributed by atoms with Gasteiger partial charge in [-0.15, -0.1) is 0 Å². The second-order valence-electron chi connectivity index (χ2n) is 8.67. The standard InChI is InChI=1S/C25H32ClN5O3/c1-29-8-10-31(11-9-29)7-5-6-27-23-15-21-17(16-28-23)12-20(25(32)30(21)2)19-13-18(33-3)14-22(34-4)24(19)26/h12-16H,5-11H2,1-4H3,(H,27,28). The van der Waals surface area contributed by atoms with Crippen LogP contribution >= 0.6 is 11.6 Å². The molecule has 182 valence electrons. The van der Waals surface area contributed by atoms with Crippen molar-refractivity contribution >= 4 is 28.3 Å². The molecule has 0 saturated carbocycles. The molecule has 1 saturated heterocycles. The average molecular weight is 486 g/mol. The van der Waals surface area contributed by atoms with Gasteiger partial charge in [-0.2, -0.15) is 0 Å². The van der Waals surface area contributed by atoms with E-state index in [1.54, 1.807) is 37.1 Å². The van der Waals surface area contributed by atoms with Crippen LogP contribution in [-0.4, -0.2) is 79.9 Å². The summed E-state index contributed by atoms with van der Waals surface area (Å²) >= 11 is 6.55. The molecule has 1 N–H and O–H groups in total. The normalized spacial score (nSPS) is 15.0. The van der Waals surface area contributed by atoms with Crippen LogP contribution in [0.3, 0.4) is 0 Å². The van der Waals surface area contributed by atoms with Crippen LogP contribution in [-0.2, 0) is 7.05 Å². The van der Waals surface area contributed by atoms with Crippen LogP contribution in [0, 0.1) is 0 Å². The third-order valence-corrected chi connectivity index (χ3v) is 6.81. The Labute approximate surface area is 205 Å². The number of halogens is 1. The summed E-state index contributed by atoms with van der Waals surface area (Å²) < 4.78 is 12.4. The minimum atomic E-state index is -0.156. The van der Waals surface area contributed by atoms with Gasteiger partial charge in [-0.25, -0.2) is 4.98 Å². The minimum absolute atomic E-state index is 0.156. The van der Waals surface area contributed by atoms with Gasteiger partial charge in [-0.3, -0.25) is 4.79 Å². The minimum Gasteiger partial charge on any atom is -0.497 e. The Hall–Kier alpha value is -2.81. The number of hydrogen-bond acceptors (Lipinski definition) is 7. The highest BCUT2D eigenvalue weighted by Gasteiger charge is 2.17. The van der Waals surface area contributed by atoms with Crippen molar-refractivity contribution in [1.82, 2.24) is 19.4 Å². The number of piperazine rings is 1. The fourth-order valence-electron chi connectivity index (χ4n) is 4.28. The lowest BCUT2D eigenvalue weighted by molar-refractivity contribution is 0.154. The molecule has 0 unspecified atom stereocenters.